The fourth-order valence-corrected chi connectivity index (χ4v) is 1.55. The van der Waals surface area contributed by atoms with E-state index in [-0.39, 0.29) is 0 Å². The predicted octanol–water partition coefficient (Wildman–Crippen LogP) is 0.982. The Labute approximate surface area is 74.3 Å². The molecule has 0 bridgehead atoms. The molecule has 72 valence electrons. The maximum absolute atomic E-state index is 13.3. The van der Waals surface area contributed by atoms with Gasteiger partial charge < -0.3 is 4.90 Å². The van der Waals surface area contributed by atoms with Crippen LogP contribution >= 0.6 is 0 Å². The van der Waals surface area contributed by atoms with Crippen molar-refractivity contribution in [2.24, 2.45) is 0 Å². The fraction of sp³-hybridized carbons (Fsp3) is 1.00. The molecule has 1 aliphatic heterocycles. The number of hydrogen-bond donors (Lipinski definition) is 0. The summed E-state index contributed by atoms with van der Waals surface area (Å²) in [6.45, 7) is 5.24. The van der Waals surface area contributed by atoms with Gasteiger partial charge in [0.05, 0.1) is 0 Å². The number of alkyl halides is 1. The maximum Gasteiger partial charge on any atom is 0.122 e. The van der Waals surface area contributed by atoms with Crippen LogP contribution in [0.4, 0.5) is 4.39 Å². The van der Waals surface area contributed by atoms with E-state index >= 15 is 0 Å². The van der Waals surface area contributed by atoms with E-state index in [1.165, 1.54) is 0 Å². The van der Waals surface area contributed by atoms with Crippen LogP contribution < -0.4 is 0 Å². The number of likely N-dealkylation sites (tertiary alicyclic amines) is 1. The van der Waals surface area contributed by atoms with Crippen LogP contribution in [0, 0.1) is 0 Å². The summed E-state index contributed by atoms with van der Waals surface area (Å²) in [5, 5.41) is 0. The van der Waals surface area contributed by atoms with Crippen molar-refractivity contribution in [3.8, 4) is 0 Å². The molecular weight excluding hydrogens is 155 g/mol. The van der Waals surface area contributed by atoms with E-state index in [0.717, 1.165) is 19.6 Å². The fourth-order valence-electron chi connectivity index (χ4n) is 1.55. The summed E-state index contributed by atoms with van der Waals surface area (Å²) >= 11 is 0. The van der Waals surface area contributed by atoms with Crippen molar-refractivity contribution in [3.63, 3.8) is 0 Å². The van der Waals surface area contributed by atoms with Crippen LogP contribution in [0.3, 0.4) is 0 Å². The van der Waals surface area contributed by atoms with Crippen LogP contribution in [0.25, 0.3) is 0 Å². The van der Waals surface area contributed by atoms with Crippen LogP contribution in [-0.2, 0) is 0 Å². The van der Waals surface area contributed by atoms with Gasteiger partial charge in [-0.05, 0) is 27.4 Å². The van der Waals surface area contributed by atoms with Gasteiger partial charge in [-0.25, -0.2) is 4.39 Å². The lowest BCUT2D eigenvalue weighted by Gasteiger charge is -2.19. The molecule has 0 aliphatic carbocycles. The first-order valence-electron chi connectivity index (χ1n) is 4.56. The lowest BCUT2D eigenvalue weighted by molar-refractivity contribution is 0.183. The van der Waals surface area contributed by atoms with Gasteiger partial charge in [-0.15, -0.1) is 0 Å². The molecule has 1 rings (SSSR count). The standard InChI is InChI=1S/C9H19FN2/c1-9(10)4-5-12(8-9)7-6-11(2)3/h4-8H2,1-3H3. The molecule has 1 atom stereocenters. The molecule has 0 aromatic rings. The molecule has 0 aromatic carbocycles. The van der Waals surface area contributed by atoms with E-state index in [1.54, 1.807) is 6.92 Å². The lowest BCUT2D eigenvalue weighted by Crippen LogP contribution is -2.32. The van der Waals surface area contributed by atoms with Crippen molar-refractivity contribution in [1.82, 2.24) is 9.80 Å². The van der Waals surface area contributed by atoms with Gasteiger partial charge in [-0.1, -0.05) is 0 Å². The van der Waals surface area contributed by atoms with E-state index in [9.17, 15) is 4.39 Å². The van der Waals surface area contributed by atoms with Crippen LogP contribution in [0.5, 0.6) is 0 Å². The third-order valence-corrected chi connectivity index (χ3v) is 2.37. The second-order valence-corrected chi connectivity index (χ2v) is 4.24. The van der Waals surface area contributed by atoms with E-state index in [2.05, 4.69) is 9.80 Å². The lowest BCUT2D eigenvalue weighted by atomic mass is 10.1. The minimum absolute atomic E-state index is 0.612. The molecular formula is C9H19FN2. The van der Waals surface area contributed by atoms with Crippen LogP contribution in [0.15, 0.2) is 0 Å². The number of likely N-dealkylation sites (N-methyl/N-ethyl adjacent to an activating group) is 1. The summed E-state index contributed by atoms with van der Waals surface area (Å²) in [5.74, 6) is 0. The molecule has 0 aromatic heterocycles. The zero-order valence-electron chi connectivity index (χ0n) is 8.31. The minimum atomic E-state index is -0.938. The van der Waals surface area contributed by atoms with E-state index in [4.69, 9.17) is 0 Å². The summed E-state index contributed by atoms with van der Waals surface area (Å²) < 4.78 is 13.3. The van der Waals surface area contributed by atoms with Crippen LogP contribution in [-0.4, -0.2) is 55.7 Å². The molecule has 0 N–H and O–H groups in total. The summed E-state index contributed by atoms with van der Waals surface area (Å²) in [5.41, 5.74) is -0.938. The highest BCUT2D eigenvalue weighted by atomic mass is 19.1. The highest BCUT2D eigenvalue weighted by Gasteiger charge is 2.32. The van der Waals surface area contributed by atoms with Gasteiger partial charge in [-0.3, -0.25) is 4.90 Å². The highest BCUT2D eigenvalue weighted by Crippen LogP contribution is 2.23. The Kier molecular flexibility index (Phi) is 3.07. The summed E-state index contributed by atoms with van der Waals surface area (Å²) in [7, 11) is 4.09. The first-order valence-corrected chi connectivity index (χ1v) is 4.56. The molecule has 1 aliphatic rings. The SMILES string of the molecule is CN(C)CCN1CCC(C)(F)C1. The average Bonchev–Trinajstić information content (AvgIpc) is 2.26. The van der Waals surface area contributed by atoms with Crippen molar-refractivity contribution < 1.29 is 4.39 Å². The first-order chi connectivity index (χ1) is 5.49. The monoisotopic (exact) mass is 174 g/mol. The normalized spacial score (nSPS) is 31.8. The summed E-state index contributed by atoms with van der Waals surface area (Å²) in [6, 6.07) is 0. The van der Waals surface area contributed by atoms with E-state index in [1.807, 2.05) is 14.1 Å². The van der Waals surface area contributed by atoms with E-state index < -0.39 is 5.67 Å². The van der Waals surface area contributed by atoms with Crippen molar-refractivity contribution in [3.05, 3.63) is 0 Å². The zero-order valence-corrected chi connectivity index (χ0v) is 8.31. The molecule has 0 saturated carbocycles. The smallest absolute Gasteiger partial charge is 0.122 e. The van der Waals surface area contributed by atoms with Crippen molar-refractivity contribution in [2.75, 3.05) is 40.3 Å². The average molecular weight is 174 g/mol. The van der Waals surface area contributed by atoms with Gasteiger partial charge in [0.2, 0.25) is 0 Å². The number of nitrogens with zero attached hydrogens (tertiary/aromatic N) is 2. The molecule has 12 heavy (non-hydrogen) atoms. The molecule has 0 spiro atoms. The second-order valence-electron chi connectivity index (χ2n) is 4.24. The van der Waals surface area contributed by atoms with Gasteiger partial charge in [-0.2, -0.15) is 0 Å². The third kappa shape index (κ3) is 3.07. The van der Waals surface area contributed by atoms with Crippen molar-refractivity contribution in [2.45, 2.75) is 19.0 Å². The molecule has 2 nitrogen and oxygen atoms in total. The van der Waals surface area contributed by atoms with E-state index in [0.29, 0.717) is 13.0 Å². The Bertz CT molecular complexity index is 145. The van der Waals surface area contributed by atoms with Gasteiger partial charge in [0.25, 0.3) is 0 Å². The van der Waals surface area contributed by atoms with Gasteiger partial charge in [0.1, 0.15) is 5.67 Å². The Hall–Kier alpha value is -0.150. The quantitative estimate of drug-likeness (QED) is 0.629. The van der Waals surface area contributed by atoms with Crippen LogP contribution in [0.1, 0.15) is 13.3 Å². The Morgan fingerprint density at radius 2 is 2.17 bits per heavy atom. The largest absolute Gasteiger partial charge is 0.308 e. The zero-order chi connectivity index (χ0) is 9.19. The number of hydrogen-bond acceptors (Lipinski definition) is 2. The minimum Gasteiger partial charge on any atom is -0.308 e. The summed E-state index contributed by atoms with van der Waals surface area (Å²) in [4.78, 5) is 4.33. The Balaban J connectivity index is 2.20. The van der Waals surface area contributed by atoms with Crippen molar-refractivity contribution >= 4 is 0 Å². The van der Waals surface area contributed by atoms with Crippen LogP contribution in [0.2, 0.25) is 0 Å². The predicted molar refractivity (Wildman–Crippen MR) is 49.1 cm³/mol. The Morgan fingerprint density at radius 1 is 1.50 bits per heavy atom. The first kappa shape index (κ1) is 9.93. The number of halogens is 1. The summed E-state index contributed by atoms with van der Waals surface area (Å²) in [6.07, 6.45) is 0.695. The molecule has 1 heterocycles. The third-order valence-electron chi connectivity index (χ3n) is 2.37. The van der Waals surface area contributed by atoms with Gasteiger partial charge in [0.15, 0.2) is 0 Å². The molecule has 0 radical (unpaired) electrons. The topological polar surface area (TPSA) is 6.48 Å². The maximum atomic E-state index is 13.3. The van der Waals surface area contributed by atoms with Crippen molar-refractivity contribution in [1.29, 1.82) is 0 Å². The molecule has 1 fully saturated rings. The Morgan fingerprint density at radius 3 is 2.58 bits per heavy atom. The molecule has 3 heteroatoms. The molecule has 1 unspecified atom stereocenters. The van der Waals surface area contributed by atoms with Gasteiger partial charge >= 0.3 is 0 Å². The van der Waals surface area contributed by atoms with Gasteiger partial charge in [0, 0.05) is 26.2 Å². The molecule has 1 saturated heterocycles. The second kappa shape index (κ2) is 3.71. The number of rotatable bonds is 3. The highest BCUT2D eigenvalue weighted by molar-refractivity contribution is 4.86. The molecule has 0 amide bonds.